The number of hydrogen-bond acceptors (Lipinski definition) is 3. The Morgan fingerprint density at radius 3 is 2.95 bits per heavy atom. The van der Waals surface area contributed by atoms with Crippen molar-refractivity contribution in [2.45, 2.75) is 26.3 Å². The number of rotatable bonds is 4. The highest BCUT2D eigenvalue weighted by Gasteiger charge is 2.18. The molecule has 104 valence electrons. The first-order valence-corrected chi connectivity index (χ1v) is 8.05. The molecule has 3 nitrogen and oxygen atoms in total. The molecular formula is C15H16ClN3S. The molecule has 0 aliphatic rings. The summed E-state index contributed by atoms with van der Waals surface area (Å²) < 4.78 is 2.26. The average molecular weight is 306 g/mol. The van der Waals surface area contributed by atoms with E-state index in [1.165, 1.54) is 5.56 Å². The molecule has 1 atom stereocenters. The molecule has 3 aromatic rings. The van der Waals surface area contributed by atoms with Gasteiger partial charge in [-0.15, -0.1) is 22.9 Å². The summed E-state index contributed by atoms with van der Waals surface area (Å²) in [5, 5.41) is 3.11. The molecule has 0 aliphatic heterocycles. The van der Waals surface area contributed by atoms with Crippen molar-refractivity contribution in [2.75, 3.05) is 5.88 Å². The van der Waals surface area contributed by atoms with Gasteiger partial charge in [0, 0.05) is 23.9 Å². The Morgan fingerprint density at radius 2 is 2.25 bits per heavy atom. The van der Waals surface area contributed by atoms with E-state index in [0.717, 1.165) is 28.3 Å². The third-order valence-electron chi connectivity index (χ3n) is 3.43. The predicted octanol–water partition coefficient (Wildman–Crippen LogP) is 4.19. The van der Waals surface area contributed by atoms with Crippen molar-refractivity contribution in [3.8, 4) is 0 Å². The average Bonchev–Trinajstić information content (AvgIpc) is 3.05. The third-order valence-corrected chi connectivity index (χ3v) is 4.57. The second-order valence-corrected chi connectivity index (χ2v) is 6.18. The van der Waals surface area contributed by atoms with Crippen LogP contribution in [0, 0.1) is 6.92 Å². The monoisotopic (exact) mass is 305 g/mol. The van der Waals surface area contributed by atoms with E-state index in [1.54, 1.807) is 11.3 Å². The van der Waals surface area contributed by atoms with Crippen LogP contribution in [0.3, 0.4) is 0 Å². The topological polar surface area (TPSA) is 30.7 Å². The predicted molar refractivity (Wildman–Crippen MR) is 84.8 cm³/mol. The highest BCUT2D eigenvalue weighted by molar-refractivity contribution is 7.09. The molecule has 0 radical (unpaired) electrons. The van der Waals surface area contributed by atoms with Gasteiger partial charge in [0.2, 0.25) is 0 Å². The maximum Gasteiger partial charge on any atom is 0.115 e. The van der Waals surface area contributed by atoms with Crippen molar-refractivity contribution in [3.63, 3.8) is 0 Å². The largest absolute Gasteiger partial charge is 0.318 e. The zero-order chi connectivity index (χ0) is 14.1. The Morgan fingerprint density at radius 1 is 1.40 bits per heavy atom. The van der Waals surface area contributed by atoms with E-state index in [2.05, 4.69) is 41.6 Å². The van der Waals surface area contributed by atoms with E-state index in [-0.39, 0.29) is 6.04 Å². The number of benzene rings is 1. The van der Waals surface area contributed by atoms with Crippen LogP contribution in [0.1, 0.15) is 29.4 Å². The number of aryl methyl sites for hydroxylation is 2. The van der Waals surface area contributed by atoms with Gasteiger partial charge < -0.3 is 4.57 Å². The summed E-state index contributed by atoms with van der Waals surface area (Å²) in [4.78, 5) is 9.18. The molecule has 20 heavy (non-hydrogen) atoms. The van der Waals surface area contributed by atoms with Crippen LogP contribution in [-0.2, 0) is 6.42 Å². The second-order valence-electron chi connectivity index (χ2n) is 4.88. The molecule has 3 rings (SSSR count). The first-order chi connectivity index (χ1) is 9.70. The van der Waals surface area contributed by atoms with E-state index in [1.807, 2.05) is 11.6 Å². The van der Waals surface area contributed by atoms with E-state index >= 15 is 0 Å². The minimum Gasteiger partial charge on any atom is -0.318 e. The number of fused-ring (bicyclic) bond motifs is 1. The zero-order valence-electron chi connectivity index (χ0n) is 11.5. The molecule has 2 heterocycles. The van der Waals surface area contributed by atoms with Crippen LogP contribution in [0.4, 0.5) is 0 Å². The normalized spacial score (nSPS) is 12.9. The second kappa shape index (κ2) is 5.54. The van der Waals surface area contributed by atoms with Crippen LogP contribution in [0.5, 0.6) is 0 Å². The van der Waals surface area contributed by atoms with Gasteiger partial charge in [-0.2, -0.15) is 0 Å². The first-order valence-electron chi connectivity index (χ1n) is 6.63. The van der Waals surface area contributed by atoms with Crippen LogP contribution >= 0.6 is 22.9 Å². The molecule has 0 aliphatic carbocycles. The molecule has 0 fully saturated rings. The Bertz CT molecular complexity index is 718. The summed E-state index contributed by atoms with van der Waals surface area (Å²) in [6, 6.07) is 6.57. The van der Waals surface area contributed by atoms with Crippen molar-refractivity contribution in [1.82, 2.24) is 14.5 Å². The SMILES string of the molecule is Cc1ccc2c(c1)nc(CCCl)n2C(C)c1nccs1. The van der Waals surface area contributed by atoms with E-state index in [0.29, 0.717) is 5.88 Å². The number of aromatic nitrogens is 3. The van der Waals surface area contributed by atoms with E-state index < -0.39 is 0 Å². The van der Waals surface area contributed by atoms with Gasteiger partial charge in [-0.05, 0) is 31.5 Å². The summed E-state index contributed by atoms with van der Waals surface area (Å²) in [5.41, 5.74) is 3.41. The Labute approximate surface area is 127 Å². The van der Waals surface area contributed by atoms with Gasteiger partial charge in [0.15, 0.2) is 0 Å². The lowest BCUT2D eigenvalue weighted by Crippen LogP contribution is -2.11. The molecule has 0 spiro atoms. The number of halogens is 1. The van der Waals surface area contributed by atoms with Crippen LogP contribution in [0.15, 0.2) is 29.8 Å². The van der Waals surface area contributed by atoms with Gasteiger partial charge in [-0.3, -0.25) is 0 Å². The molecule has 1 aromatic carbocycles. The van der Waals surface area contributed by atoms with Gasteiger partial charge in [-0.25, -0.2) is 9.97 Å². The van der Waals surface area contributed by atoms with Crippen LogP contribution < -0.4 is 0 Å². The summed E-state index contributed by atoms with van der Waals surface area (Å²) in [6.07, 6.45) is 2.62. The number of alkyl halides is 1. The molecule has 2 aromatic heterocycles. The fraction of sp³-hybridized carbons (Fsp3) is 0.333. The smallest absolute Gasteiger partial charge is 0.115 e. The van der Waals surface area contributed by atoms with Crippen LogP contribution in [0.25, 0.3) is 11.0 Å². The van der Waals surface area contributed by atoms with Crippen LogP contribution in [0.2, 0.25) is 0 Å². The lowest BCUT2D eigenvalue weighted by Gasteiger charge is -2.15. The molecule has 5 heteroatoms. The Balaban J connectivity index is 2.18. The number of imidazole rings is 1. The van der Waals surface area contributed by atoms with Crippen molar-refractivity contribution >= 4 is 34.0 Å². The van der Waals surface area contributed by atoms with E-state index in [4.69, 9.17) is 16.6 Å². The summed E-state index contributed by atoms with van der Waals surface area (Å²) >= 11 is 7.61. The van der Waals surface area contributed by atoms with Crippen molar-refractivity contribution < 1.29 is 0 Å². The minimum absolute atomic E-state index is 0.181. The highest BCUT2D eigenvalue weighted by Crippen LogP contribution is 2.28. The fourth-order valence-electron chi connectivity index (χ4n) is 2.50. The number of hydrogen-bond donors (Lipinski definition) is 0. The number of thiazole rings is 1. The van der Waals surface area contributed by atoms with Crippen molar-refractivity contribution in [1.29, 1.82) is 0 Å². The summed E-state index contributed by atoms with van der Waals surface area (Å²) in [6.45, 7) is 4.25. The standard InChI is InChI=1S/C15H16ClN3S/c1-10-3-4-13-12(9-10)18-14(5-6-16)19(13)11(2)15-17-7-8-20-15/h3-4,7-9,11H,5-6H2,1-2H3. The Hall–Kier alpha value is -1.39. The number of nitrogens with zero attached hydrogens (tertiary/aromatic N) is 3. The molecule has 0 saturated carbocycles. The molecule has 0 bridgehead atoms. The van der Waals surface area contributed by atoms with Crippen molar-refractivity contribution in [3.05, 3.63) is 46.2 Å². The van der Waals surface area contributed by atoms with Gasteiger partial charge in [0.25, 0.3) is 0 Å². The maximum absolute atomic E-state index is 5.93. The molecule has 1 unspecified atom stereocenters. The van der Waals surface area contributed by atoms with Gasteiger partial charge in [0.05, 0.1) is 17.1 Å². The quantitative estimate of drug-likeness (QED) is 0.677. The lowest BCUT2D eigenvalue weighted by molar-refractivity contribution is 0.620. The van der Waals surface area contributed by atoms with Gasteiger partial charge in [0.1, 0.15) is 10.8 Å². The molecular weight excluding hydrogens is 290 g/mol. The van der Waals surface area contributed by atoms with Crippen LogP contribution in [-0.4, -0.2) is 20.4 Å². The lowest BCUT2D eigenvalue weighted by atomic mass is 10.2. The van der Waals surface area contributed by atoms with Gasteiger partial charge >= 0.3 is 0 Å². The van der Waals surface area contributed by atoms with Gasteiger partial charge in [-0.1, -0.05) is 6.07 Å². The fourth-order valence-corrected chi connectivity index (χ4v) is 3.36. The summed E-state index contributed by atoms with van der Waals surface area (Å²) in [5.74, 6) is 1.61. The van der Waals surface area contributed by atoms with E-state index in [9.17, 15) is 0 Å². The third kappa shape index (κ3) is 2.34. The molecule has 0 saturated heterocycles. The minimum atomic E-state index is 0.181. The first kappa shape index (κ1) is 13.6. The highest BCUT2D eigenvalue weighted by atomic mass is 35.5. The van der Waals surface area contributed by atoms with Crippen molar-refractivity contribution in [2.24, 2.45) is 0 Å². The Kier molecular flexibility index (Phi) is 3.76. The molecule has 0 amide bonds. The summed E-state index contributed by atoms with van der Waals surface area (Å²) in [7, 11) is 0. The zero-order valence-corrected chi connectivity index (χ0v) is 13.1. The molecule has 0 N–H and O–H groups in total. The maximum atomic E-state index is 5.93.